The van der Waals surface area contributed by atoms with Gasteiger partial charge >= 0.3 is 0 Å². The molecule has 0 spiro atoms. The summed E-state index contributed by atoms with van der Waals surface area (Å²) in [6.07, 6.45) is 6.37. The molecular weight excluding hydrogens is 243 g/mol. The molecule has 0 bridgehead atoms. The lowest BCUT2D eigenvalue weighted by atomic mass is 9.85. The van der Waals surface area contributed by atoms with E-state index in [4.69, 9.17) is 4.74 Å². The van der Waals surface area contributed by atoms with E-state index in [0.717, 1.165) is 12.8 Å². The molecule has 3 heteroatoms. The molecule has 19 heavy (non-hydrogen) atoms. The van der Waals surface area contributed by atoms with E-state index in [0.29, 0.717) is 24.2 Å². The highest BCUT2D eigenvalue weighted by Gasteiger charge is 2.20. The lowest BCUT2D eigenvalue weighted by molar-refractivity contribution is 0.100. The lowest BCUT2D eigenvalue weighted by Crippen LogP contribution is -2.21. The topological polar surface area (TPSA) is 26.3 Å². The molecule has 0 radical (unpaired) electrons. The number of Topliss-reactive ketones (excluding diaryl/α,β-unsaturated/α-hetero) is 1. The summed E-state index contributed by atoms with van der Waals surface area (Å²) < 4.78 is 19.3. The molecular formula is C16H19FO2. The van der Waals surface area contributed by atoms with E-state index in [1.165, 1.54) is 13.0 Å². The molecule has 0 saturated heterocycles. The molecule has 1 aromatic carbocycles. The van der Waals surface area contributed by atoms with Crippen molar-refractivity contribution in [1.29, 1.82) is 0 Å². The first-order chi connectivity index (χ1) is 9.09. The first-order valence-electron chi connectivity index (χ1n) is 6.67. The largest absolute Gasteiger partial charge is 0.492 e. The molecule has 2 nitrogen and oxygen atoms in total. The monoisotopic (exact) mass is 262 g/mol. The van der Waals surface area contributed by atoms with Crippen LogP contribution in [0.5, 0.6) is 5.75 Å². The number of hydrogen-bond donors (Lipinski definition) is 0. The predicted octanol–water partition coefficient (Wildman–Crippen LogP) is 4.01. The third-order valence-electron chi connectivity index (χ3n) is 3.70. The average Bonchev–Trinajstić information content (AvgIpc) is 2.37. The maximum absolute atomic E-state index is 13.6. The van der Waals surface area contributed by atoms with Crippen molar-refractivity contribution in [2.24, 2.45) is 11.8 Å². The second kappa shape index (κ2) is 6.00. The first kappa shape index (κ1) is 13.8. The van der Waals surface area contributed by atoms with Crippen molar-refractivity contribution < 1.29 is 13.9 Å². The van der Waals surface area contributed by atoms with Gasteiger partial charge in [-0.15, -0.1) is 0 Å². The molecule has 102 valence electrons. The fraction of sp³-hybridized carbons (Fsp3) is 0.438. The number of benzene rings is 1. The van der Waals surface area contributed by atoms with E-state index in [1.54, 1.807) is 12.1 Å². The molecule has 2 atom stereocenters. The molecule has 0 amide bonds. The van der Waals surface area contributed by atoms with E-state index in [1.807, 2.05) is 0 Å². The van der Waals surface area contributed by atoms with Gasteiger partial charge in [0.15, 0.2) is 5.78 Å². The molecule has 2 unspecified atom stereocenters. The Morgan fingerprint density at radius 2 is 2.11 bits per heavy atom. The van der Waals surface area contributed by atoms with Gasteiger partial charge in [-0.3, -0.25) is 4.79 Å². The number of carbonyl (C=O) groups excluding carboxylic acids is 1. The summed E-state index contributed by atoms with van der Waals surface area (Å²) in [7, 11) is 0. The minimum atomic E-state index is -0.512. The zero-order valence-electron chi connectivity index (χ0n) is 11.4. The third-order valence-corrected chi connectivity index (χ3v) is 3.70. The smallest absolute Gasteiger partial charge is 0.166 e. The van der Waals surface area contributed by atoms with Crippen LogP contribution in [0.1, 0.15) is 37.0 Å². The van der Waals surface area contributed by atoms with Gasteiger partial charge in [0.25, 0.3) is 0 Å². The summed E-state index contributed by atoms with van der Waals surface area (Å²) in [5.74, 6) is 0.521. The van der Waals surface area contributed by atoms with Crippen LogP contribution < -0.4 is 4.74 Å². The van der Waals surface area contributed by atoms with Crippen molar-refractivity contribution in [2.45, 2.75) is 26.7 Å². The Morgan fingerprint density at radius 1 is 1.37 bits per heavy atom. The number of carbonyl (C=O) groups is 1. The maximum Gasteiger partial charge on any atom is 0.166 e. The fourth-order valence-corrected chi connectivity index (χ4v) is 2.40. The van der Waals surface area contributed by atoms with Crippen molar-refractivity contribution >= 4 is 5.78 Å². The van der Waals surface area contributed by atoms with E-state index < -0.39 is 5.82 Å². The quantitative estimate of drug-likeness (QED) is 0.605. The molecule has 0 aliphatic heterocycles. The molecule has 0 fully saturated rings. The van der Waals surface area contributed by atoms with Gasteiger partial charge in [-0.05, 0) is 43.7 Å². The number of halogens is 1. The van der Waals surface area contributed by atoms with Gasteiger partial charge in [0.1, 0.15) is 11.6 Å². The molecule has 0 heterocycles. The molecule has 2 rings (SSSR count). The maximum atomic E-state index is 13.6. The molecule has 1 aliphatic rings. The van der Waals surface area contributed by atoms with Crippen molar-refractivity contribution in [1.82, 2.24) is 0 Å². The van der Waals surface area contributed by atoms with Crippen LogP contribution in [0.2, 0.25) is 0 Å². The second-order valence-corrected chi connectivity index (χ2v) is 5.16. The van der Waals surface area contributed by atoms with E-state index >= 15 is 0 Å². The summed E-state index contributed by atoms with van der Waals surface area (Å²) in [5.41, 5.74) is 0.0569. The van der Waals surface area contributed by atoms with Crippen molar-refractivity contribution in [3.05, 3.63) is 41.7 Å². The van der Waals surface area contributed by atoms with Gasteiger partial charge in [0.05, 0.1) is 12.2 Å². The Bertz CT molecular complexity index is 494. The number of allylic oxidation sites excluding steroid dienone is 2. The third kappa shape index (κ3) is 3.22. The van der Waals surface area contributed by atoms with E-state index in [-0.39, 0.29) is 11.3 Å². The Labute approximate surface area is 113 Å². The van der Waals surface area contributed by atoms with Crippen LogP contribution in [0.4, 0.5) is 4.39 Å². The molecule has 0 N–H and O–H groups in total. The average molecular weight is 262 g/mol. The zero-order valence-corrected chi connectivity index (χ0v) is 11.4. The van der Waals surface area contributed by atoms with E-state index in [2.05, 4.69) is 19.1 Å². The fourth-order valence-electron chi connectivity index (χ4n) is 2.40. The van der Waals surface area contributed by atoms with Crippen LogP contribution in [0, 0.1) is 17.7 Å². The van der Waals surface area contributed by atoms with Crippen molar-refractivity contribution in [3.8, 4) is 5.75 Å². The minimum absolute atomic E-state index is 0.0569. The van der Waals surface area contributed by atoms with Crippen LogP contribution in [-0.2, 0) is 0 Å². The summed E-state index contributed by atoms with van der Waals surface area (Å²) in [4.78, 5) is 11.5. The second-order valence-electron chi connectivity index (χ2n) is 5.16. The van der Waals surface area contributed by atoms with Crippen molar-refractivity contribution in [3.63, 3.8) is 0 Å². The van der Waals surface area contributed by atoms with Crippen LogP contribution in [0.25, 0.3) is 0 Å². The minimum Gasteiger partial charge on any atom is -0.492 e. The van der Waals surface area contributed by atoms with Crippen LogP contribution >= 0.6 is 0 Å². The summed E-state index contributed by atoms with van der Waals surface area (Å²) in [6.45, 7) is 4.07. The first-order valence-corrected chi connectivity index (χ1v) is 6.67. The van der Waals surface area contributed by atoms with Crippen molar-refractivity contribution in [2.75, 3.05) is 6.61 Å². The normalized spacial score (nSPS) is 22.3. The number of hydrogen-bond acceptors (Lipinski definition) is 2. The Morgan fingerprint density at radius 3 is 2.79 bits per heavy atom. The Hall–Kier alpha value is -1.64. The Kier molecular flexibility index (Phi) is 4.35. The molecule has 0 saturated carbocycles. The van der Waals surface area contributed by atoms with E-state index in [9.17, 15) is 9.18 Å². The lowest BCUT2D eigenvalue weighted by Gasteiger charge is -2.25. The Balaban J connectivity index is 2.09. The highest BCUT2D eigenvalue weighted by atomic mass is 19.1. The molecule has 1 aliphatic carbocycles. The van der Waals surface area contributed by atoms with Gasteiger partial charge in [-0.1, -0.05) is 25.1 Å². The summed E-state index contributed by atoms with van der Waals surface area (Å²) in [6, 6.07) is 4.51. The van der Waals surface area contributed by atoms with Gasteiger partial charge in [-0.2, -0.15) is 0 Å². The van der Waals surface area contributed by atoms with Gasteiger partial charge in [0.2, 0.25) is 0 Å². The van der Waals surface area contributed by atoms with Crippen LogP contribution in [0.15, 0.2) is 30.4 Å². The standard InChI is InChI=1S/C16H19FO2/c1-11-6-3-4-7-13(11)10-19-15-9-5-8-14(17)16(15)12(2)18/h3-5,8-9,11,13H,6-7,10H2,1-2H3. The molecule has 1 aromatic rings. The van der Waals surface area contributed by atoms with Crippen LogP contribution in [0.3, 0.4) is 0 Å². The summed E-state index contributed by atoms with van der Waals surface area (Å²) >= 11 is 0. The highest BCUT2D eigenvalue weighted by molar-refractivity contribution is 5.97. The number of ketones is 1. The zero-order chi connectivity index (χ0) is 13.8. The van der Waals surface area contributed by atoms with Gasteiger partial charge in [0, 0.05) is 0 Å². The van der Waals surface area contributed by atoms with Gasteiger partial charge in [-0.25, -0.2) is 4.39 Å². The number of rotatable bonds is 4. The predicted molar refractivity (Wildman–Crippen MR) is 72.9 cm³/mol. The highest BCUT2D eigenvalue weighted by Crippen LogP contribution is 2.28. The van der Waals surface area contributed by atoms with Crippen LogP contribution in [-0.4, -0.2) is 12.4 Å². The number of ether oxygens (including phenoxy) is 1. The SMILES string of the molecule is CC(=O)c1c(F)cccc1OCC1CC=CCC1C. The summed E-state index contributed by atoms with van der Waals surface area (Å²) in [5, 5.41) is 0. The van der Waals surface area contributed by atoms with Gasteiger partial charge < -0.3 is 4.74 Å². The molecule has 0 aromatic heterocycles.